The van der Waals surface area contributed by atoms with Crippen LogP contribution in [-0.4, -0.2) is 70.3 Å². The lowest BCUT2D eigenvalue weighted by atomic mass is 9.96. The first-order valence-corrected chi connectivity index (χ1v) is 8.52. The average molecular weight is 378 g/mol. The molecule has 9 heteroatoms. The quantitative estimate of drug-likeness (QED) is 0.243. The van der Waals surface area contributed by atoms with Gasteiger partial charge in [0.05, 0.1) is 30.9 Å². The Morgan fingerprint density at radius 1 is 1.04 bits per heavy atom. The third-order valence-electron chi connectivity index (χ3n) is 4.41. The van der Waals surface area contributed by atoms with Gasteiger partial charge in [-0.05, 0) is 23.8 Å². The maximum Gasteiger partial charge on any atom is 0.338 e. The van der Waals surface area contributed by atoms with E-state index < -0.39 is 17.5 Å². The van der Waals surface area contributed by atoms with Crippen molar-refractivity contribution in [3.8, 4) is 0 Å². The first kappa shape index (κ1) is 17.9. The van der Waals surface area contributed by atoms with Crippen LogP contribution in [0.1, 0.15) is 26.3 Å². The molecule has 3 unspecified atom stereocenters. The van der Waals surface area contributed by atoms with E-state index >= 15 is 0 Å². The summed E-state index contributed by atoms with van der Waals surface area (Å²) in [5.74, 6) is -1.17. The molecule has 0 bridgehead atoms. The van der Waals surface area contributed by atoms with Crippen molar-refractivity contribution in [1.29, 1.82) is 0 Å². The summed E-state index contributed by atoms with van der Waals surface area (Å²) >= 11 is 0. The molecule has 0 aromatic heterocycles. The fraction of sp³-hybridized carbons (Fsp3) is 0.500. The van der Waals surface area contributed by atoms with Crippen molar-refractivity contribution in [2.24, 2.45) is 0 Å². The number of rotatable bonds is 10. The lowest BCUT2D eigenvalue weighted by Gasteiger charge is -2.14. The Labute approximate surface area is 154 Å². The molecule has 144 valence electrons. The van der Waals surface area contributed by atoms with Gasteiger partial charge >= 0.3 is 11.9 Å². The first-order valence-electron chi connectivity index (χ1n) is 8.52. The molecule has 4 rings (SSSR count). The average Bonchev–Trinajstić information content (AvgIpc) is 3.56. The molecule has 3 aliphatic heterocycles. The molecule has 0 amide bonds. The van der Waals surface area contributed by atoms with Crippen LogP contribution in [0.3, 0.4) is 0 Å². The third-order valence-corrected chi connectivity index (χ3v) is 4.41. The van der Waals surface area contributed by atoms with E-state index in [0.29, 0.717) is 31.9 Å². The molecule has 0 N–H and O–H groups in total. The molecule has 9 nitrogen and oxygen atoms in total. The van der Waals surface area contributed by atoms with Crippen molar-refractivity contribution >= 4 is 18.4 Å². The minimum atomic E-state index is -0.870. The lowest BCUT2D eigenvalue weighted by Crippen LogP contribution is -2.20. The topological polar surface area (TPSA) is 116 Å². The van der Waals surface area contributed by atoms with E-state index in [-0.39, 0.29) is 43.2 Å². The normalized spacial score (nSPS) is 27.4. The Morgan fingerprint density at radius 3 is 1.96 bits per heavy atom. The van der Waals surface area contributed by atoms with Crippen molar-refractivity contribution in [2.45, 2.75) is 17.8 Å². The molecule has 1 aromatic carbocycles. The number of esters is 2. The molecule has 1 aromatic rings. The van der Waals surface area contributed by atoms with Crippen LogP contribution in [0, 0.1) is 0 Å². The zero-order valence-corrected chi connectivity index (χ0v) is 14.4. The molecule has 0 spiro atoms. The highest BCUT2D eigenvalue weighted by Gasteiger charge is 2.48. The van der Waals surface area contributed by atoms with Crippen molar-refractivity contribution in [2.75, 3.05) is 39.6 Å². The largest absolute Gasteiger partial charge is 0.464 e. The van der Waals surface area contributed by atoms with Gasteiger partial charge in [0.15, 0.2) is 5.60 Å². The zero-order chi connectivity index (χ0) is 18.9. The second-order valence-electron chi connectivity index (χ2n) is 6.60. The summed E-state index contributed by atoms with van der Waals surface area (Å²) in [6.07, 6.45) is -0.140. The monoisotopic (exact) mass is 378 g/mol. The van der Waals surface area contributed by atoms with E-state index in [1.165, 1.54) is 6.07 Å². The van der Waals surface area contributed by atoms with Gasteiger partial charge < -0.3 is 28.4 Å². The molecule has 3 heterocycles. The summed E-state index contributed by atoms with van der Waals surface area (Å²) in [4.78, 5) is 35.2. The van der Waals surface area contributed by atoms with Crippen LogP contribution in [0.2, 0.25) is 0 Å². The third kappa shape index (κ3) is 4.44. The highest BCUT2D eigenvalue weighted by atomic mass is 16.6. The van der Waals surface area contributed by atoms with Gasteiger partial charge in [-0.3, -0.25) is 4.79 Å². The maximum absolute atomic E-state index is 12.4. The van der Waals surface area contributed by atoms with Gasteiger partial charge in [-0.2, -0.15) is 0 Å². The Bertz CT molecular complexity index is 701. The molecule has 0 saturated carbocycles. The van der Waals surface area contributed by atoms with E-state index in [1.807, 2.05) is 0 Å². The Balaban J connectivity index is 1.55. The molecule has 0 radical (unpaired) electrons. The van der Waals surface area contributed by atoms with Gasteiger partial charge in [-0.1, -0.05) is 0 Å². The van der Waals surface area contributed by atoms with Crippen molar-refractivity contribution in [3.05, 3.63) is 34.9 Å². The summed E-state index contributed by atoms with van der Waals surface area (Å²) in [5, 5.41) is 0. The molecule has 27 heavy (non-hydrogen) atoms. The number of ether oxygens (including phenoxy) is 6. The second kappa shape index (κ2) is 7.26. The molecule has 3 fully saturated rings. The van der Waals surface area contributed by atoms with Gasteiger partial charge in [-0.25, -0.2) is 9.59 Å². The van der Waals surface area contributed by atoms with E-state index in [2.05, 4.69) is 0 Å². The van der Waals surface area contributed by atoms with Crippen LogP contribution in [0.5, 0.6) is 0 Å². The fourth-order valence-corrected chi connectivity index (χ4v) is 2.55. The van der Waals surface area contributed by atoms with Crippen LogP contribution >= 0.6 is 0 Å². The van der Waals surface area contributed by atoms with Crippen molar-refractivity contribution in [3.63, 3.8) is 0 Å². The maximum atomic E-state index is 12.4. The van der Waals surface area contributed by atoms with Gasteiger partial charge in [0.25, 0.3) is 6.47 Å². The summed E-state index contributed by atoms with van der Waals surface area (Å²) < 4.78 is 30.7. The molecule has 0 aliphatic carbocycles. The summed E-state index contributed by atoms with van der Waals surface area (Å²) in [5.41, 5.74) is 0.0365. The van der Waals surface area contributed by atoms with Crippen molar-refractivity contribution in [1.82, 2.24) is 0 Å². The highest BCUT2D eigenvalue weighted by Crippen LogP contribution is 2.40. The van der Waals surface area contributed by atoms with E-state index in [4.69, 9.17) is 28.4 Å². The molecular formula is C18H18O9. The smallest absolute Gasteiger partial charge is 0.338 e. The number of carbonyl (C=O) groups is 3. The van der Waals surface area contributed by atoms with Crippen LogP contribution in [0.25, 0.3) is 0 Å². The van der Waals surface area contributed by atoms with Crippen LogP contribution < -0.4 is 0 Å². The fourth-order valence-electron chi connectivity index (χ4n) is 2.55. The first-order chi connectivity index (χ1) is 13.1. The Hall–Kier alpha value is -2.49. The SMILES string of the molecule is O=COCC1(c2cc(C(=O)OCC3CO3)cc(C(=O)OCC3CO3)c2)CO1. The van der Waals surface area contributed by atoms with Crippen LogP contribution in [0.15, 0.2) is 18.2 Å². The summed E-state index contributed by atoms with van der Waals surface area (Å²) in [6.45, 7) is 2.04. The summed E-state index contributed by atoms with van der Waals surface area (Å²) in [6, 6.07) is 4.54. The molecule has 3 aliphatic rings. The van der Waals surface area contributed by atoms with Crippen LogP contribution in [0.4, 0.5) is 0 Å². The van der Waals surface area contributed by atoms with Gasteiger partial charge in [0.1, 0.15) is 32.0 Å². The zero-order valence-electron chi connectivity index (χ0n) is 14.4. The second-order valence-corrected chi connectivity index (χ2v) is 6.60. The van der Waals surface area contributed by atoms with Crippen molar-refractivity contribution < 1.29 is 42.8 Å². The van der Waals surface area contributed by atoms with E-state index in [0.717, 1.165) is 0 Å². The number of hydrogen-bond acceptors (Lipinski definition) is 9. The summed E-state index contributed by atoms with van der Waals surface area (Å²) in [7, 11) is 0. The number of carbonyl (C=O) groups excluding carboxylic acids is 3. The van der Waals surface area contributed by atoms with Crippen LogP contribution in [-0.2, 0) is 38.8 Å². The number of epoxide rings is 3. The van der Waals surface area contributed by atoms with Gasteiger partial charge in [0, 0.05) is 0 Å². The van der Waals surface area contributed by atoms with E-state index in [1.54, 1.807) is 12.1 Å². The predicted molar refractivity (Wildman–Crippen MR) is 86.1 cm³/mol. The Morgan fingerprint density at radius 2 is 1.56 bits per heavy atom. The predicted octanol–water partition coefficient (Wildman–Crippen LogP) is 0.196. The molecule has 3 atom stereocenters. The van der Waals surface area contributed by atoms with Gasteiger partial charge in [-0.15, -0.1) is 0 Å². The van der Waals surface area contributed by atoms with E-state index in [9.17, 15) is 14.4 Å². The minimum absolute atomic E-state index is 0.0185. The molecule has 3 saturated heterocycles. The van der Waals surface area contributed by atoms with Gasteiger partial charge in [0.2, 0.25) is 0 Å². The number of hydrogen-bond donors (Lipinski definition) is 0. The lowest BCUT2D eigenvalue weighted by molar-refractivity contribution is -0.130. The minimum Gasteiger partial charge on any atom is -0.464 e. The number of benzene rings is 1. The standard InChI is InChI=1S/C18H18O9/c19-10-22-8-18(9-27-18)13-2-11(16(20)25-6-14-4-23-14)1-12(3-13)17(21)26-7-15-5-24-15/h1-3,10,14-15H,4-9H2. The Kier molecular flexibility index (Phi) is 4.81. The molecular weight excluding hydrogens is 360 g/mol. The highest BCUT2D eigenvalue weighted by molar-refractivity contribution is 5.96.